The molecule has 2 aromatic carbocycles. The smallest absolute Gasteiger partial charge is 0.130 e. The molecule has 2 N–H and O–H groups in total. The third-order valence-electron chi connectivity index (χ3n) is 3.80. The highest BCUT2D eigenvalue weighted by atomic mass is 19.1. The molecular formula is C19H18FN3O. The van der Waals surface area contributed by atoms with E-state index in [1.165, 1.54) is 12.4 Å². The first-order chi connectivity index (χ1) is 11.6. The van der Waals surface area contributed by atoms with Crippen LogP contribution in [0.2, 0.25) is 0 Å². The van der Waals surface area contributed by atoms with Gasteiger partial charge in [0.15, 0.2) is 0 Å². The lowest BCUT2D eigenvalue weighted by Gasteiger charge is -2.13. The molecule has 0 bridgehead atoms. The Morgan fingerprint density at radius 1 is 1.08 bits per heavy atom. The van der Waals surface area contributed by atoms with Crippen LogP contribution in [0.1, 0.15) is 17.2 Å². The van der Waals surface area contributed by atoms with Gasteiger partial charge in [0.1, 0.15) is 18.0 Å². The molecule has 0 aliphatic carbocycles. The van der Waals surface area contributed by atoms with Crippen LogP contribution in [0.25, 0.3) is 11.3 Å². The fraction of sp³-hybridized carbons (Fsp3) is 0.158. The molecule has 5 heteroatoms. The van der Waals surface area contributed by atoms with Crippen LogP contribution < -0.4 is 5.32 Å². The van der Waals surface area contributed by atoms with E-state index in [4.69, 9.17) is 0 Å². The Hall–Kier alpha value is -2.79. The second-order valence-electron chi connectivity index (χ2n) is 5.56. The van der Waals surface area contributed by atoms with Gasteiger partial charge in [-0.1, -0.05) is 42.5 Å². The van der Waals surface area contributed by atoms with Crippen molar-refractivity contribution in [1.29, 1.82) is 0 Å². The van der Waals surface area contributed by atoms with Gasteiger partial charge in [-0.2, -0.15) is 0 Å². The molecule has 0 unspecified atom stereocenters. The van der Waals surface area contributed by atoms with Crippen molar-refractivity contribution in [3.05, 3.63) is 77.9 Å². The number of aryl methyl sites for hydroxylation is 1. The van der Waals surface area contributed by atoms with Crippen LogP contribution in [0.3, 0.4) is 0 Å². The summed E-state index contributed by atoms with van der Waals surface area (Å²) in [6, 6.07) is 16.1. The van der Waals surface area contributed by atoms with E-state index in [2.05, 4.69) is 15.3 Å². The van der Waals surface area contributed by atoms with Crippen molar-refractivity contribution in [3.63, 3.8) is 0 Å². The predicted octanol–water partition coefficient (Wildman–Crippen LogP) is 3.74. The van der Waals surface area contributed by atoms with E-state index in [0.717, 1.165) is 5.56 Å². The summed E-state index contributed by atoms with van der Waals surface area (Å²) in [5.41, 5.74) is 2.74. The largest absolute Gasteiger partial charge is 0.387 e. The zero-order valence-corrected chi connectivity index (χ0v) is 13.3. The highest BCUT2D eigenvalue weighted by molar-refractivity contribution is 5.62. The number of hydrogen-bond acceptors (Lipinski definition) is 4. The van der Waals surface area contributed by atoms with Gasteiger partial charge in [-0.25, -0.2) is 14.4 Å². The summed E-state index contributed by atoms with van der Waals surface area (Å²) in [6.45, 7) is 2.04. The van der Waals surface area contributed by atoms with Crippen LogP contribution in [0.4, 0.5) is 10.2 Å². The van der Waals surface area contributed by atoms with E-state index in [1.54, 1.807) is 19.1 Å². The Labute approximate surface area is 140 Å². The van der Waals surface area contributed by atoms with Crippen LogP contribution in [0.15, 0.2) is 60.9 Å². The molecular weight excluding hydrogens is 305 g/mol. The van der Waals surface area contributed by atoms with Gasteiger partial charge in [0.05, 0.1) is 11.8 Å². The Bertz CT molecular complexity index is 824. The summed E-state index contributed by atoms with van der Waals surface area (Å²) in [6.07, 6.45) is 0.783. The molecule has 1 atom stereocenters. The molecule has 3 aromatic rings. The minimum Gasteiger partial charge on any atom is -0.387 e. The maximum Gasteiger partial charge on any atom is 0.130 e. The molecule has 1 heterocycles. The van der Waals surface area contributed by atoms with E-state index in [9.17, 15) is 9.50 Å². The number of nitrogens with one attached hydrogen (secondary N) is 1. The number of aliphatic hydroxyl groups is 1. The molecule has 0 spiro atoms. The third kappa shape index (κ3) is 3.75. The van der Waals surface area contributed by atoms with Crippen molar-refractivity contribution in [2.45, 2.75) is 13.0 Å². The van der Waals surface area contributed by atoms with Gasteiger partial charge in [0.2, 0.25) is 0 Å². The first kappa shape index (κ1) is 16.1. The zero-order valence-electron chi connectivity index (χ0n) is 13.3. The molecule has 24 heavy (non-hydrogen) atoms. The summed E-state index contributed by atoms with van der Waals surface area (Å²) >= 11 is 0. The molecule has 3 rings (SSSR count). The van der Waals surface area contributed by atoms with E-state index in [-0.39, 0.29) is 5.82 Å². The Balaban J connectivity index is 1.72. The van der Waals surface area contributed by atoms with E-state index in [0.29, 0.717) is 29.2 Å². The number of rotatable bonds is 5. The van der Waals surface area contributed by atoms with Gasteiger partial charge in [0, 0.05) is 18.2 Å². The molecule has 4 nitrogen and oxygen atoms in total. The molecule has 0 fully saturated rings. The number of benzene rings is 2. The van der Waals surface area contributed by atoms with Crippen LogP contribution >= 0.6 is 0 Å². The van der Waals surface area contributed by atoms with Crippen LogP contribution in [0, 0.1) is 12.7 Å². The zero-order chi connectivity index (χ0) is 16.9. The maximum absolute atomic E-state index is 13.7. The normalized spacial score (nSPS) is 12.0. The van der Waals surface area contributed by atoms with E-state index < -0.39 is 6.10 Å². The first-order valence-electron chi connectivity index (χ1n) is 7.69. The van der Waals surface area contributed by atoms with Gasteiger partial charge in [-0.05, 0) is 24.1 Å². The molecule has 1 aromatic heterocycles. The van der Waals surface area contributed by atoms with Crippen molar-refractivity contribution in [2.24, 2.45) is 0 Å². The van der Waals surface area contributed by atoms with Crippen molar-refractivity contribution in [2.75, 3.05) is 11.9 Å². The van der Waals surface area contributed by atoms with E-state index >= 15 is 0 Å². The Kier molecular flexibility index (Phi) is 4.82. The predicted molar refractivity (Wildman–Crippen MR) is 92.1 cm³/mol. The fourth-order valence-corrected chi connectivity index (χ4v) is 2.36. The Morgan fingerprint density at radius 3 is 2.62 bits per heavy atom. The molecule has 0 amide bonds. The SMILES string of the molecule is Cc1ccc(-c2cc(NC[C@H](O)c3ccccc3)ncn2)cc1F. The highest BCUT2D eigenvalue weighted by Gasteiger charge is 2.08. The molecule has 0 radical (unpaired) electrons. The number of aliphatic hydroxyl groups excluding tert-OH is 1. The lowest BCUT2D eigenvalue weighted by molar-refractivity contribution is 0.191. The number of halogens is 1. The number of aromatic nitrogens is 2. The average molecular weight is 323 g/mol. The third-order valence-corrected chi connectivity index (χ3v) is 3.80. The van der Waals surface area contributed by atoms with Crippen molar-refractivity contribution >= 4 is 5.82 Å². The minimum absolute atomic E-state index is 0.264. The summed E-state index contributed by atoms with van der Waals surface area (Å²) in [7, 11) is 0. The van der Waals surface area contributed by atoms with Gasteiger partial charge in [0.25, 0.3) is 0 Å². The molecule has 0 saturated carbocycles. The van der Waals surface area contributed by atoms with Gasteiger partial charge in [-0.3, -0.25) is 0 Å². The Morgan fingerprint density at radius 2 is 1.88 bits per heavy atom. The summed E-state index contributed by atoms with van der Waals surface area (Å²) in [5.74, 6) is 0.316. The lowest BCUT2D eigenvalue weighted by atomic mass is 10.1. The summed E-state index contributed by atoms with van der Waals surface area (Å²) < 4.78 is 13.7. The van der Waals surface area contributed by atoms with E-state index in [1.807, 2.05) is 36.4 Å². The van der Waals surface area contributed by atoms with Crippen LogP contribution in [0.5, 0.6) is 0 Å². The van der Waals surface area contributed by atoms with Crippen molar-refractivity contribution in [1.82, 2.24) is 9.97 Å². The average Bonchev–Trinajstić information content (AvgIpc) is 2.63. The second-order valence-corrected chi connectivity index (χ2v) is 5.56. The first-order valence-corrected chi connectivity index (χ1v) is 7.69. The molecule has 0 saturated heterocycles. The highest BCUT2D eigenvalue weighted by Crippen LogP contribution is 2.21. The number of nitrogens with zero attached hydrogens (tertiary/aromatic N) is 2. The monoisotopic (exact) mass is 323 g/mol. The van der Waals surface area contributed by atoms with Crippen LogP contribution in [-0.2, 0) is 0 Å². The molecule has 122 valence electrons. The topological polar surface area (TPSA) is 58.0 Å². The lowest BCUT2D eigenvalue weighted by Crippen LogP contribution is -2.13. The van der Waals surface area contributed by atoms with Crippen molar-refractivity contribution in [3.8, 4) is 11.3 Å². The number of hydrogen-bond donors (Lipinski definition) is 2. The van der Waals surface area contributed by atoms with Gasteiger partial charge < -0.3 is 10.4 Å². The molecule has 0 aliphatic rings. The maximum atomic E-state index is 13.7. The summed E-state index contributed by atoms with van der Waals surface area (Å²) in [5, 5.41) is 13.3. The van der Waals surface area contributed by atoms with Gasteiger partial charge >= 0.3 is 0 Å². The van der Waals surface area contributed by atoms with Gasteiger partial charge in [-0.15, -0.1) is 0 Å². The number of anilines is 1. The van der Waals surface area contributed by atoms with Crippen LogP contribution in [-0.4, -0.2) is 21.6 Å². The fourth-order valence-electron chi connectivity index (χ4n) is 2.36. The quantitative estimate of drug-likeness (QED) is 0.751. The second kappa shape index (κ2) is 7.19. The summed E-state index contributed by atoms with van der Waals surface area (Å²) in [4.78, 5) is 8.33. The minimum atomic E-state index is -0.638. The standard InChI is InChI=1S/C19H18FN3O/c1-13-7-8-15(9-16(13)20)17-10-19(23-12-22-17)21-11-18(24)14-5-3-2-4-6-14/h2-10,12,18,24H,11H2,1H3,(H,21,22,23)/t18-/m0/s1. The van der Waals surface area contributed by atoms with Crippen molar-refractivity contribution < 1.29 is 9.50 Å². The molecule has 0 aliphatic heterocycles.